The lowest BCUT2D eigenvalue weighted by Crippen LogP contribution is -2.50. The SMILES string of the molecule is COC(CNC(=O)N1CCOC(C)C1)C(=O)O. The molecule has 1 heterocycles. The number of rotatable bonds is 4. The smallest absolute Gasteiger partial charge is 0.334 e. The molecular formula is C10H18N2O5. The van der Waals surface area contributed by atoms with E-state index in [1.807, 2.05) is 6.92 Å². The second-order valence-corrected chi connectivity index (χ2v) is 3.88. The first-order valence-electron chi connectivity index (χ1n) is 5.44. The van der Waals surface area contributed by atoms with E-state index in [9.17, 15) is 9.59 Å². The number of nitrogens with one attached hydrogen (secondary N) is 1. The maximum atomic E-state index is 11.7. The van der Waals surface area contributed by atoms with Crippen LogP contribution < -0.4 is 5.32 Å². The zero-order valence-electron chi connectivity index (χ0n) is 10.0. The predicted molar refractivity (Wildman–Crippen MR) is 58.8 cm³/mol. The number of carbonyl (C=O) groups is 2. The Morgan fingerprint density at radius 3 is 2.88 bits per heavy atom. The maximum absolute atomic E-state index is 11.7. The fourth-order valence-corrected chi connectivity index (χ4v) is 1.57. The van der Waals surface area contributed by atoms with Crippen LogP contribution in [0.15, 0.2) is 0 Å². The quantitative estimate of drug-likeness (QED) is 0.699. The molecule has 2 N–H and O–H groups in total. The van der Waals surface area contributed by atoms with E-state index in [0.717, 1.165) is 0 Å². The molecule has 1 rings (SSSR count). The fourth-order valence-electron chi connectivity index (χ4n) is 1.57. The average molecular weight is 246 g/mol. The highest BCUT2D eigenvalue weighted by Crippen LogP contribution is 2.04. The van der Waals surface area contributed by atoms with Gasteiger partial charge in [-0.2, -0.15) is 0 Å². The predicted octanol–water partition coefficient (Wildman–Crippen LogP) is -0.484. The Balaban J connectivity index is 2.35. The number of aliphatic carboxylic acids is 1. The lowest BCUT2D eigenvalue weighted by Gasteiger charge is -2.31. The summed E-state index contributed by atoms with van der Waals surface area (Å²) in [6, 6.07) is -0.288. The molecule has 1 aliphatic heterocycles. The maximum Gasteiger partial charge on any atom is 0.334 e. The summed E-state index contributed by atoms with van der Waals surface area (Å²) < 4.78 is 10.0. The first-order chi connectivity index (χ1) is 8.04. The van der Waals surface area contributed by atoms with Gasteiger partial charge >= 0.3 is 12.0 Å². The summed E-state index contributed by atoms with van der Waals surface area (Å²) in [6.45, 7) is 3.36. The number of urea groups is 1. The molecule has 98 valence electrons. The molecule has 0 bridgehead atoms. The van der Waals surface area contributed by atoms with Gasteiger partial charge in [-0.15, -0.1) is 0 Å². The van der Waals surface area contributed by atoms with Crippen LogP contribution in [0, 0.1) is 0 Å². The summed E-state index contributed by atoms with van der Waals surface area (Å²) in [5.74, 6) is -1.09. The van der Waals surface area contributed by atoms with Gasteiger partial charge in [0.1, 0.15) is 0 Å². The monoisotopic (exact) mass is 246 g/mol. The summed E-state index contributed by atoms with van der Waals surface area (Å²) in [7, 11) is 1.29. The van der Waals surface area contributed by atoms with Crippen LogP contribution in [0.4, 0.5) is 4.79 Å². The third-order valence-corrected chi connectivity index (χ3v) is 2.53. The Bertz CT molecular complexity index is 284. The minimum absolute atomic E-state index is 0.00666. The van der Waals surface area contributed by atoms with Crippen molar-refractivity contribution in [3.8, 4) is 0 Å². The summed E-state index contributed by atoms with van der Waals surface area (Å²) in [4.78, 5) is 24.0. The zero-order valence-corrected chi connectivity index (χ0v) is 10.0. The van der Waals surface area contributed by atoms with Crippen LogP contribution in [-0.4, -0.2) is 67.6 Å². The number of morpholine rings is 1. The summed E-state index contributed by atoms with van der Waals surface area (Å²) in [5.41, 5.74) is 0. The summed E-state index contributed by atoms with van der Waals surface area (Å²) in [6.07, 6.45) is -1.01. The molecule has 0 radical (unpaired) electrons. The molecule has 2 atom stereocenters. The van der Waals surface area contributed by atoms with Crippen LogP contribution in [0.5, 0.6) is 0 Å². The van der Waals surface area contributed by atoms with Crippen molar-refractivity contribution in [2.24, 2.45) is 0 Å². The van der Waals surface area contributed by atoms with Gasteiger partial charge in [0.15, 0.2) is 6.10 Å². The van der Waals surface area contributed by atoms with Crippen LogP contribution in [0.2, 0.25) is 0 Å². The molecule has 0 aromatic carbocycles. The molecule has 1 saturated heterocycles. The Morgan fingerprint density at radius 2 is 2.35 bits per heavy atom. The van der Waals surface area contributed by atoms with E-state index in [1.165, 1.54) is 7.11 Å². The van der Waals surface area contributed by atoms with Gasteiger partial charge in [0, 0.05) is 20.2 Å². The van der Waals surface area contributed by atoms with E-state index in [4.69, 9.17) is 14.6 Å². The highest BCUT2D eigenvalue weighted by atomic mass is 16.5. The molecule has 0 aromatic heterocycles. The number of methoxy groups -OCH3 is 1. The molecule has 0 saturated carbocycles. The van der Waals surface area contributed by atoms with E-state index in [1.54, 1.807) is 4.90 Å². The molecular weight excluding hydrogens is 228 g/mol. The topological polar surface area (TPSA) is 88.1 Å². The van der Waals surface area contributed by atoms with E-state index in [0.29, 0.717) is 19.7 Å². The van der Waals surface area contributed by atoms with Crippen molar-refractivity contribution in [1.29, 1.82) is 0 Å². The van der Waals surface area contributed by atoms with E-state index in [2.05, 4.69) is 5.32 Å². The number of carboxylic acids is 1. The highest BCUT2D eigenvalue weighted by Gasteiger charge is 2.23. The Morgan fingerprint density at radius 1 is 1.65 bits per heavy atom. The van der Waals surface area contributed by atoms with E-state index < -0.39 is 12.1 Å². The van der Waals surface area contributed by atoms with Crippen molar-refractivity contribution < 1.29 is 24.2 Å². The van der Waals surface area contributed by atoms with Crippen molar-refractivity contribution in [2.45, 2.75) is 19.1 Å². The average Bonchev–Trinajstić information content (AvgIpc) is 2.29. The van der Waals surface area contributed by atoms with Gasteiger partial charge in [-0.05, 0) is 6.92 Å². The van der Waals surface area contributed by atoms with Crippen molar-refractivity contribution in [3.63, 3.8) is 0 Å². The first-order valence-corrected chi connectivity index (χ1v) is 5.44. The third kappa shape index (κ3) is 4.20. The van der Waals surface area contributed by atoms with Gasteiger partial charge in [-0.3, -0.25) is 0 Å². The van der Waals surface area contributed by atoms with Crippen LogP contribution in [0.25, 0.3) is 0 Å². The van der Waals surface area contributed by atoms with Crippen LogP contribution in [0.3, 0.4) is 0 Å². The Hall–Kier alpha value is -1.34. The number of amides is 2. The van der Waals surface area contributed by atoms with Gasteiger partial charge in [-0.25, -0.2) is 9.59 Å². The van der Waals surface area contributed by atoms with Gasteiger partial charge in [0.2, 0.25) is 0 Å². The van der Waals surface area contributed by atoms with Gasteiger partial charge in [0.25, 0.3) is 0 Å². The third-order valence-electron chi connectivity index (χ3n) is 2.53. The summed E-state index contributed by atoms with van der Waals surface area (Å²) >= 11 is 0. The molecule has 7 heteroatoms. The lowest BCUT2D eigenvalue weighted by molar-refractivity contribution is -0.148. The first kappa shape index (κ1) is 13.7. The molecule has 0 aliphatic carbocycles. The van der Waals surface area contributed by atoms with Crippen LogP contribution >= 0.6 is 0 Å². The number of carbonyl (C=O) groups excluding carboxylic acids is 1. The molecule has 7 nitrogen and oxygen atoms in total. The lowest BCUT2D eigenvalue weighted by atomic mass is 10.3. The number of hydrogen-bond acceptors (Lipinski definition) is 4. The van der Waals surface area contributed by atoms with Gasteiger partial charge in [-0.1, -0.05) is 0 Å². The van der Waals surface area contributed by atoms with Gasteiger partial charge < -0.3 is 24.8 Å². The van der Waals surface area contributed by atoms with Gasteiger partial charge in [0.05, 0.1) is 19.3 Å². The largest absolute Gasteiger partial charge is 0.479 e. The number of nitrogens with zero attached hydrogens (tertiary/aromatic N) is 1. The minimum Gasteiger partial charge on any atom is -0.479 e. The zero-order chi connectivity index (χ0) is 12.8. The summed E-state index contributed by atoms with van der Waals surface area (Å²) in [5, 5.41) is 11.3. The van der Waals surface area contributed by atoms with Crippen molar-refractivity contribution in [3.05, 3.63) is 0 Å². The number of ether oxygens (including phenoxy) is 2. The van der Waals surface area contributed by atoms with E-state index >= 15 is 0 Å². The highest BCUT2D eigenvalue weighted by molar-refractivity contribution is 5.77. The molecule has 17 heavy (non-hydrogen) atoms. The van der Waals surface area contributed by atoms with Crippen molar-refractivity contribution in [1.82, 2.24) is 10.2 Å². The van der Waals surface area contributed by atoms with Crippen LogP contribution in [-0.2, 0) is 14.3 Å². The number of carboxylic acid groups (broad SMARTS) is 1. The van der Waals surface area contributed by atoms with Crippen molar-refractivity contribution >= 4 is 12.0 Å². The standard InChI is InChI=1S/C10H18N2O5/c1-7-6-12(3-4-17-7)10(15)11-5-8(16-2)9(13)14/h7-8H,3-6H2,1-2H3,(H,11,15)(H,13,14). The Kier molecular flexibility index (Phi) is 5.17. The normalized spacial score (nSPS) is 22.0. The number of hydrogen-bond donors (Lipinski definition) is 2. The second kappa shape index (κ2) is 6.41. The molecule has 0 aromatic rings. The van der Waals surface area contributed by atoms with Crippen LogP contribution in [0.1, 0.15) is 6.92 Å². The van der Waals surface area contributed by atoms with Crippen molar-refractivity contribution in [2.75, 3.05) is 33.4 Å². The second-order valence-electron chi connectivity index (χ2n) is 3.88. The fraction of sp³-hybridized carbons (Fsp3) is 0.800. The molecule has 2 amide bonds. The minimum atomic E-state index is -1.09. The van der Waals surface area contributed by atoms with E-state index in [-0.39, 0.29) is 18.7 Å². The molecule has 0 spiro atoms. The Labute approximate surface area is 99.7 Å². The molecule has 1 aliphatic rings. The molecule has 1 fully saturated rings. The molecule has 2 unspecified atom stereocenters.